The number of likely N-dealkylation sites (N-methyl/N-ethyl adjacent to an activating group) is 1. The minimum atomic E-state index is -0.748. The van der Waals surface area contributed by atoms with Crippen molar-refractivity contribution in [2.75, 3.05) is 50.2 Å². The number of para-hydroxylation sites is 1. The van der Waals surface area contributed by atoms with Crippen LogP contribution in [0, 0.1) is 11.6 Å². The summed E-state index contributed by atoms with van der Waals surface area (Å²) in [5.74, 6) is -1.54. The molecule has 1 amide bonds. The number of rotatable bonds is 4. The van der Waals surface area contributed by atoms with Crippen LogP contribution in [-0.2, 0) is 0 Å². The summed E-state index contributed by atoms with van der Waals surface area (Å²) in [6, 6.07) is 6.83. The van der Waals surface area contributed by atoms with Crippen molar-refractivity contribution in [1.82, 2.24) is 14.9 Å². The fourth-order valence-electron chi connectivity index (χ4n) is 4.45. The molecule has 1 aromatic heterocycles. The number of aromatic nitrogens is 1. The van der Waals surface area contributed by atoms with Gasteiger partial charge in [0.25, 0.3) is 5.91 Å². The molecule has 0 radical (unpaired) electrons. The van der Waals surface area contributed by atoms with Gasteiger partial charge in [-0.3, -0.25) is 20.4 Å². The first-order valence-electron chi connectivity index (χ1n) is 11.1. The van der Waals surface area contributed by atoms with Gasteiger partial charge in [0.15, 0.2) is 11.6 Å². The van der Waals surface area contributed by atoms with Crippen LogP contribution in [0.1, 0.15) is 23.3 Å². The van der Waals surface area contributed by atoms with Crippen LogP contribution in [0.25, 0.3) is 10.9 Å². The molecule has 2 N–H and O–H groups in total. The average Bonchev–Trinajstić information content (AvgIpc) is 2.82. The Kier molecular flexibility index (Phi) is 5.60. The second-order valence-corrected chi connectivity index (χ2v) is 8.72. The minimum absolute atomic E-state index is 0.0602. The molecule has 34 heavy (non-hydrogen) atoms. The van der Waals surface area contributed by atoms with E-state index in [1.54, 1.807) is 10.6 Å². The summed E-state index contributed by atoms with van der Waals surface area (Å²) < 4.78 is 37.0. The minimum Gasteiger partial charge on any atom is -0.487 e. The summed E-state index contributed by atoms with van der Waals surface area (Å²) in [6.07, 6.45) is 1.46. The number of nitrogens with zero attached hydrogens (tertiary/aromatic N) is 3. The third kappa shape index (κ3) is 3.73. The van der Waals surface area contributed by atoms with Gasteiger partial charge in [0.2, 0.25) is 5.43 Å². The SMILES string of the molecule is C[C@H]1COc2c(N3CCN(C)CC3)c(F)cc3c(=O)c(C(=O)NNc4ccccc4F)cn1c23. The number of pyridine rings is 1. The standard InChI is InChI=1S/C24H25F2N5O3/c1-14-13-34-23-20-15(11-18(26)21(23)30-9-7-29(2)8-10-30)22(32)16(12-31(14)20)24(33)28-27-19-6-4-3-5-17(19)25/h3-6,11-12,14,27H,7-10,13H2,1-2H3,(H,28,33)/t14-/m0/s1. The Labute approximate surface area is 194 Å². The molecule has 5 rings (SSSR count). The quantitative estimate of drug-likeness (QED) is 0.573. The molecule has 2 aliphatic heterocycles. The molecule has 1 atom stereocenters. The van der Waals surface area contributed by atoms with E-state index in [0.29, 0.717) is 30.0 Å². The Hall–Kier alpha value is -3.66. The number of carbonyl (C=O) groups excluding carboxylic acids is 1. The van der Waals surface area contributed by atoms with E-state index in [9.17, 15) is 14.0 Å². The van der Waals surface area contributed by atoms with Gasteiger partial charge in [-0.1, -0.05) is 12.1 Å². The molecule has 0 aliphatic carbocycles. The van der Waals surface area contributed by atoms with Gasteiger partial charge in [-0.05, 0) is 32.2 Å². The number of hydrazine groups is 1. The van der Waals surface area contributed by atoms with Gasteiger partial charge >= 0.3 is 0 Å². The predicted molar refractivity (Wildman–Crippen MR) is 126 cm³/mol. The molecule has 1 saturated heterocycles. The number of halogens is 2. The monoisotopic (exact) mass is 469 g/mol. The van der Waals surface area contributed by atoms with E-state index in [2.05, 4.69) is 15.8 Å². The lowest BCUT2D eigenvalue weighted by Crippen LogP contribution is -2.45. The number of ether oxygens (including phenoxy) is 1. The second kappa shape index (κ2) is 8.60. The zero-order valence-electron chi connectivity index (χ0n) is 18.9. The van der Waals surface area contributed by atoms with E-state index in [0.717, 1.165) is 13.1 Å². The van der Waals surface area contributed by atoms with Crippen molar-refractivity contribution in [1.29, 1.82) is 0 Å². The van der Waals surface area contributed by atoms with E-state index >= 15 is 4.39 Å². The molecule has 8 nitrogen and oxygen atoms in total. The van der Waals surface area contributed by atoms with Crippen molar-refractivity contribution in [2.24, 2.45) is 0 Å². The zero-order chi connectivity index (χ0) is 24.0. The molecule has 2 aromatic carbocycles. The summed E-state index contributed by atoms with van der Waals surface area (Å²) in [4.78, 5) is 30.2. The van der Waals surface area contributed by atoms with E-state index in [4.69, 9.17) is 4.74 Å². The molecule has 0 unspecified atom stereocenters. The highest BCUT2D eigenvalue weighted by Gasteiger charge is 2.31. The lowest BCUT2D eigenvalue weighted by molar-refractivity contribution is 0.0960. The molecule has 178 valence electrons. The molecular formula is C24H25F2N5O3. The number of nitrogens with one attached hydrogen (secondary N) is 2. The highest BCUT2D eigenvalue weighted by molar-refractivity contribution is 6.00. The molecule has 2 aliphatic rings. The highest BCUT2D eigenvalue weighted by atomic mass is 19.1. The molecule has 3 aromatic rings. The van der Waals surface area contributed by atoms with Crippen LogP contribution in [-0.4, -0.2) is 55.2 Å². The largest absolute Gasteiger partial charge is 0.487 e. The summed E-state index contributed by atoms with van der Waals surface area (Å²) in [6.45, 7) is 5.01. The first-order valence-corrected chi connectivity index (χ1v) is 11.1. The topological polar surface area (TPSA) is 78.8 Å². The first-order chi connectivity index (χ1) is 16.3. The van der Waals surface area contributed by atoms with Crippen LogP contribution in [0.3, 0.4) is 0 Å². The lowest BCUT2D eigenvalue weighted by atomic mass is 10.0. The van der Waals surface area contributed by atoms with Crippen molar-refractivity contribution < 1.29 is 18.3 Å². The normalized spacial score (nSPS) is 18.0. The van der Waals surface area contributed by atoms with Crippen molar-refractivity contribution in [3.05, 3.63) is 63.9 Å². The van der Waals surface area contributed by atoms with Crippen molar-refractivity contribution in [2.45, 2.75) is 13.0 Å². The third-order valence-electron chi connectivity index (χ3n) is 6.39. The Balaban J connectivity index is 1.57. The van der Waals surface area contributed by atoms with Crippen LogP contribution >= 0.6 is 0 Å². The maximum Gasteiger partial charge on any atom is 0.275 e. The smallest absolute Gasteiger partial charge is 0.275 e. The molecule has 0 bridgehead atoms. The summed E-state index contributed by atoms with van der Waals surface area (Å²) in [5.41, 5.74) is 4.93. The van der Waals surface area contributed by atoms with Gasteiger partial charge in [-0.2, -0.15) is 0 Å². The number of anilines is 2. The van der Waals surface area contributed by atoms with Gasteiger partial charge < -0.3 is 19.1 Å². The second-order valence-electron chi connectivity index (χ2n) is 8.72. The predicted octanol–water partition coefficient (Wildman–Crippen LogP) is 2.74. The van der Waals surface area contributed by atoms with Gasteiger partial charge in [0.05, 0.1) is 22.6 Å². The van der Waals surface area contributed by atoms with Crippen LogP contribution in [0.5, 0.6) is 5.75 Å². The molecule has 3 heterocycles. The average molecular weight is 469 g/mol. The van der Waals surface area contributed by atoms with Gasteiger partial charge in [-0.25, -0.2) is 8.78 Å². The molecule has 0 saturated carbocycles. The molecule has 10 heteroatoms. The van der Waals surface area contributed by atoms with Crippen LogP contribution in [0.4, 0.5) is 20.2 Å². The fourth-order valence-corrected chi connectivity index (χ4v) is 4.45. The van der Waals surface area contributed by atoms with Crippen LogP contribution in [0.2, 0.25) is 0 Å². The van der Waals surface area contributed by atoms with Crippen LogP contribution in [0.15, 0.2) is 41.3 Å². The summed E-state index contributed by atoms with van der Waals surface area (Å²) in [5, 5.41) is 0.0652. The van der Waals surface area contributed by atoms with Crippen molar-refractivity contribution in [3.8, 4) is 5.75 Å². The van der Waals surface area contributed by atoms with Gasteiger partial charge in [0.1, 0.15) is 23.7 Å². The molecule has 0 spiro atoms. The summed E-state index contributed by atoms with van der Waals surface area (Å²) in [7, 11) is 2.02. The maximum atomic E-state index is 15.4. The summed E-state index contributed by atoms with van der Waals surface area (Å²) >= 11 is 0. The van der Waals surface area contributed by atoms with E-state index in [1.165, 1.54) is 30.5 Å². The number of benzene rings is 2. The van der Waals surface area contributed by atoms with Gasteiger partial charge in [-0.15, -0.1) is 0 Å². The fraction of sp³-hybridized carbons (Fsp3) is 0.333. The first kappa shape index (κ1) is 22.1. The van der Waals surface area contributed by atoms with Crippen molar-refractivity contribution in [3.63, 3.8) is 0 Å². The number of hydrogen-bond donors (Lipinski definition) is 2. The Bertz CT molecular complexity index is 1330. The number of piperazine rings is 1. The zero-order valence-corrected chi connectivity index (χ0v) is 18.9. The number of amides is 1. The third-order valence-corrected chi connectivity index (χ3v) is 6.39. The number of carbonyl (C=O) groups is 1. The number of hydrogen-bond acceptors (Lipinski definition) is 6. The molecule has 1 fully saturated rings. The van der Waals surface area contributed by atoms with E-state index in [1.807, 2.05) is 18.9 Å². The molecular weight excluding hydrogens is 444 g/mol. The Morgan fingerprint density at radius 1 is 1.12 bits per heavy atom. The van der Waals surface area contributed by atoms with E-state index < -0.39 is 23.0 Å². The highest BCUT2D eigenvalue weighted by Crippen LogP contribution is 2.42. The van der Waals surface area contributed by atoms with Gasteiger partial charge in [0, 0.05) is 32.4 Å². The Morgan fingerprint density at radius 3 is 2.59 bits per heavy atom. The van der Waals surface area contributed by atoms with Crippen LogP contribution < -0.4 is 25.9 Å². The van der Waals surface area contributed by atoms with E-state index in [-0.39, 0.29) is 29.3 Å². The van der Waals surface area contributed by atoms with Crippen molar-refractivity contribution >= 4 is 28.2 Å². The maximum absolute atomic E-state index is 15.4. The lowest BCUT2D eigenvalue weighted by Gasteiger charge is -2.37. The Morgan fingerprint density at radius 2 is 1.85 bits per heavy atom.